The summed E-state index contributed by atoms with van der Waals surface area (Å²) in [7, 11) is 3.17. The Labute approximate surface area is 136 Å². The summed E-state index contributed by atoms with van der Waals surface area (Å²) in [5.74, 6) is 1.10. The Morgan fingerprint density at radius 2 is 1.70 bits per heavy atom. The van der Waals surface area contributed by atoms with E-state index in [1.165, 1.54) is 6.08 Å². The fraction of sp³-hybridized carbons (Fsp3) is 0.211. The third kappa shape index (κ3) is 4.13. The van der Waals surface area contributed by atoms with E-state index in [0.29, 0.717) is 11.5 Å². The van der Waals surface area contributed by atoms with Crippen LogP contribution in [0.4, 0.5) is 5.69 Å². The highest BCUT2D eigenvalue weighted by molar-refractivity contribution is 6.02. The monoisotopic (exact) mass is 311 g/mol. The van der Waals surface area contributed by atoms with Gasteiger partial charge in [0.1, 0.15) is 11.5 Å². The highest BCUT2D eigenvalue weighted by Crippen LogP contribution is 2.29. The molecule has 23 heavy (non-hydrogen) atoms. The molecule has 2 rings (SSSR count). The highest BCUT2D eigenvalue weighted by atomic mass is 16.5. The van der Waals surface area contributed by atoms with Crippen LogP contribution >= 0.6 is 0 Å². The standard InChI is InChI=1S/C19H21NO3/c1-13-8-10-16(14(2)12-13)20-19(21)11-9-15-17(22-3)6-5-7-18(15)23-4/h5-12H,1-4H3,(H,20,21). The van der Waals surface area contributed by atoms with Crippen molar-refractivity contribution < 1.29 is 14.3 Å². The van der Waals surface area contributed by atoms with Gasteiger partial charge in [-0.2, -0.15) is 0 Å². The molecule has 4 nitrogen and oxygen atoms in total. The number of carbonyl (C=O) groups excluding carboxylic acids is 1. The van der Waals surface area contributed by atoms with E-state index in [4.69, 9.17) is 9.47 Å². The minimum absolute atomic E-state index is 0.204. The second-order valence-electron chi connectivity index (χ2n) is 5.22. The van der Waals surface area contributed by atoms with Gasteiger partial charge in [-0.3, -0.25) is 4.79 Å². The zero-order chi connectivity index (χ0) is 16.8. The van der Waals surface area contributed by atoms with Crippen LogP contribution in [0, 0.1) is 13.8 Å². The Bertz CT molecular complexity index is 713. The van der Waals surface area contributed by atoms with Crippen LogP contribution in [0.5, 0.6) is 11.5 Å². The van der Waals surface area contributed by atoms with Crippen molar-refractivity contribution in [1.29, 1.82) is 0 Å². The van der Waals surface area contributed by atoms with Crippen molar-refractivity contribution in [2.75, 3.05) is 19.5 Å². The van der Waals surface area contributed by atoms with E-state index < -0.39 is 0 Å². The van der Waals surface area contributed by atoms with Crippen LogP contribution in [-0.4, -0.2) is 20.1 Å². The predicted octanol–water partition coefficient (Wildman–Crippen LogP) is 3.97. The Hall–Kier alpha value is -2.75. The lowest BCUT2D eigenvalue weighted by Crippen LogP contribution is -2.09. The molecule has 0 atom stereocenters. The summed E-state index contributed by atoms with van der Waals surface area (Å²) in [4.78, 5) is 12.1. The maximum Gasteiger partial charge on any atom is 0.248 e. The van der Waals surface area contributed by atoms with Crippen LogP contribution in [0.3, 0.4) is 0 Å². The average Bonchev–Trinajstić information content (AvgIpc) is 2.55. The normalized spacial score (nSPS) is 10.6. The minimum Gasteiger partial charge on any atom is -0.496 e. The molecular formula is C19H21NO3. The van der Waals surface area contributed by atoms with E-state index in [0.717, 1.165) is 22.4 Å². The zero-order valence-electron chi connectivity index (χ0n) is 13.8. The number of rotatable bonds is 5. The van der Waals surface area contributed by atoms with Crippen LogP contribution in [0.25, 0.3) is 6.08 Å². The molecule has 0 aliphatic rings. The first-order valence-corrected chi connectivity index (χ1v) is 7.32. The molecule has 0 radical (unpaired) electrons. The van der Waals surface area contributed by atoms with Gasteiger partial charge in [-0.25, -0.2) is 0 Å². The number of hydrogen-bond acceptors (Lipinski definition) is 3. The zero-order valence-corrected chi connectivity index (χ0v) is 13.8. The van der Waals surface area contributed by atoms with Crippen LogP contribution < -0.4 is 14.8 Å². The summed E-state index contributed by atoms with van der Waals surface area (Å²) in [6.07, 6.45) is 3.16. The van der Waals surface area contributed by atoms with Crippen molar-refractivity contribution in [3.8, 4) is 11.5 Å². The summed E-state index contributed by atoms with van der Waals surface area (Å²) in [6.45, 7) is 3.99. The highest BCUT2D eigenvalue weighted by Gasteiger charge is 2.07. The lowest BCUT2D eigenvalue weighted by atomic mass is 10.1. The summed E-state index contributed by atoms with van der Waals surface area (Å²) in [5.41, 5.74) is 3.72. The molecule has 0 aliphatic heterocycles. The molecule has 0 spiro atoms. The molecule has 0 bridgehead atoms. The van der Waals surface area contributed by atoms with E-state index in [-0.39, 0.29) is 5.91 Å². The average molecular weight is 311 g/mol. The molecule has 2 aromatic carbocycles. The van der Waals surface area contributed by atoms with Gasteiger partial charge in [-0.1, -0.05) is 23.8 Å². The third-order valence-corrected chi connectivity index (χ3v) is 3.51. The van der Waals surface area contributed by atoms with E-state index in [1.54, 1.807) is 20.3 Å². The summed E-state index contributed by atoms with van der Waals surface area (Å²) < 4.78 is 10.6. The number of benzene rings is 2. The van der Waals surface area contributed by atoms with Gasteiger partial charge in [0.05, 0.1) is 19.8 Å². The van der Waals surface area contributed by atoms with Gasteiger partial charge in [0.2, 0.25) is 5.91 Å². The minimum atomic E-state index is -0.204. The number of ether oxygens (including phenoxy) is 2. The molecule has 0 aliphatic carbocycles. The number of carbonyl (C=O) groups is 1. The number of methoxy groups -OCH3 is 2. The van der Waals surface area contributed by atoms with E-state index in [1.807, 2.05) is 50.2 Å². The topological polar surface area (TPSA) is 47.6 Å². The van der Waals surface area contributed by atoms with Crippen molar-refractivity contribution in [3.63, 3.8) is 0 Å². The van der Waals surface area contributed by atoms with Gasteiger partial charge in [0, 0.05) is 11.8 Å². The van der Waals surface area contributed by atoms with Crippen molar-refractivity contribution >= 4 is 17.7 Å². The maximum atomic E-state index is 12.1. The Morgan fingerprint density at radius 1 is 1.04 bits per heavy atom. The summed E-state index contributed by atoms with van der Waals surface area (Å²) in [6, 6.07) is 11.4. The number of anilines is 1. The molecule has 0 unspecified atom stereocenters. The number of hydrogen-bond donors (Lipinski definition) is 1. The Balaban J connectivity index is 2.18. The van der Waals surface area contributed by atoms with Crippen molar-refractivity contribution in [2.24, 2.45) is 0 Å². The number of amides is 1. The van der Waals surface area contributed by atoms with Crippen molar-refractivity contribution in [1.82, 2.24) is 0 Å². The second kappa shape index (κ2) is 7.49. The molecule has 0 fully saturated rings. The van der Waals surface area contributed by atoms with Crippen LogP contribution in [-0.2, 0) is 4.79 Å². The number of nitrogens with one attached hydrogen (secondary N) is 1. The fourth-order valence-corrected chi connectivity index (χ4v) is 2.33. The van der Waals surface area contributed by atoms with Gasteiger partial charge in [-0.15, -0.1) is 0 Å². The molecule has 120 valence electrons. The molecule has 1 amide bonds. The largest absolute Gasteiger partial charge is 0.496 e. The van der Waals surface area contributed by atoms with Gasteiger partial charge < -0.3 is 14.8 Å². The molecule has 0 saturated carbocycles. The first kappa shape index (κ1) is 16.6. The third-order valence-electron chi connectivity index (χ3n) is 3.51. The van der Waals surface area contributed by atoms with Crippen LogP contribution in [0.15, 0.2) is 42.5 Å². The van der Waals surface area contributed by atoms with E-state index in [9.17, 15) is 4.79 Å². The lowest BCUT2D eigenvalue weighted by molar-refractivity contribution is -0.111. The smallest absolute Gasteiger partial charge is 0.248 e. The first-order valence-electron chi connectivity index (χ1n) is 7.32. The lowest BCUT2D eigenvalue weighted by Gasteiger charge is -2.10. The summed E-state index contributed by atoms with van der Waals surface area (Å²) in [5, 5.41) is 2.88. The quantitative estimate of drug-likeness (QED) is 0.850. The molecule has 4 heteroatoms. The number of aryl methyl sites for hydroxylation is 2. The van der Waals surface area contributed by atoms with Gasteiger partial charge in [0.15, 0.2) is 0 Å². The molecule has 0 heterocycles. The second-order valence-corrected chi connectivity index (χ2v) is 5.22. The van der Waals surface area contributed by atoms with Crippen molar-refractivity contribution in [3.05, 3.63) is 59.2 Å². The Morgan fingerprint density at radius 3 is 2.26 bits per heavy atom. The van der Waals surface area contributed by atoms with Crippen LogP contribution in [0.1, 0.15) is 16.7 Å². The molecule has 0 aromatic heterocycles. The van der Waals surface area contributed by atoms with Gasteiger partial charge in [-0.05, 0) is 43.7 Å². The SMILES string of the molecule is COc1cccc(OC)c1C=CC(=O)Nc1ccc(C)cc1C. The fourth-order valence-electron chi connectivity index (χ4n) is 2.33. The molecular weight excluding hydrogens is 290 g/mol. The first-order chi connectivity index (χ1) is 11.0. The van der Waals surface area contributed by atoms with E-state index in [2.05, 4.69) is 5.32 Å². The van der Waals surface area contributed by atoms with Crippen molar-refractivity contribution in [2.45, 2.75) is 13.8 Å². The summed E-state index contributed by atoms with van der Waals surface area (Å²) >= 11 is 0. The molecule has 1 N–H and O–H groups in total. The Kier molecular flexibility index (Phi) is 5.41. The van der Waals surface area contributed by atoms with Gasteiger partial charge in [0.25, 0.3) is 0 Å². The predicted molar refractivity (Wildman–Crippen MR) is 93.1 cm³/mol. The van der Waals surface area contributed by atoms with E-state index >= 15 is 0 Å². The molecule has 2 aromatic rings. The molecule has 0 saturated heterocycles. The van der Waals surface area contributed by atoms with Crippen LogP contribution in [0.2, 0.25) is 0 Å². The van der Waals surface area contributed by atoms with Gasteiger partial charge >= 0.3 is 0 Å². The maximum absolute atomic E-state index is 12.1.